The van der Waals surface area contributed by atoms with Gasteiger partial charge in [0, 0.05) is 18.3 Å². The molecule has 2 heterocycles. The molecular weight excluding hydrogens is 403 g/mol. The van der Waals surface area contributed by atoms with Crippen LogP contribution in [0.1, 0.15) is 55.1 Å². The number of carbonyl (C=O) groups is 3. The summed E-state index contributed by atoms with van der Waals surface area (Å²) >= 11 is 0. The van der Waals surface area contributed by atoms with Crippen molar-refractivity contribution in [3.05, 3.63) is 47.5 Å². The second-order valence-electron chi connectivity index (χ2n) is 8.12. The zero-order valence-electron chi connectivity index (χ0n) is 18.1. The molecule has 2 amide bonds. The van der Waals surface area contributed by atoms with Crippen molar-refractivity contribution in [2.45, 2.75) is 46.2 Å². The van der Waals surface area contributed by atoms with Crippen LogP contribution in [-0.2, 0) is 16.1 Å². The molecule has 0 radical (unpaired) electrons. The number of rotatable bonds is 7. The molecule has 1 aromatic carbocycles. The first-order chi connectivity index (χ1) is 14.7. The van der Waals surface area contributed by atoms with Crippen LogP contribution in [-0.4, -0.2) is 46.3 Å². The largest absolute Gasteiger partial charge is 0.461 e. The number of aromatic nitrogens is 2. The van der Waals surface area contributed by atoms with Gasteiger partial charge in [0.2, 0.25) is 5.91 Å². The predicted molar refractivity (Wildman–Crippen MR) is 112 cm³/mol. The highest BCUT2D eigenvalue weighted by atomic mass is 19.1. The van der Waals surface area contributed by atoms with E-state index >= 15 is 0 Å². The van der Waals surface area contributed by atoms with Crippen LogP contribution >= 0.6 is 0 Å². The van der Waals surface area contributed by atoms with Crippen molar-refractivity contribution in [2.75, 3.05) is 18.1 Å². The molecule has 0 saturated heterocycles. The number of benzene rings is 1. The Balaban J connectivity index is 2.02. The standard InChI is InChI=1S/C22H27FN4O4/c1-5-31-20(29)17-12-18-19(28)27(16-8-6-15(23)7-9-16)22(4,13-26(18)25-17)21(30)24-11-10-14(2)3/h6-9,12,14H,5,10-11,13H2,1-4H3,(H,24,30)/t22-/m0/s1. The van der Waals surface area contributed by atoms with Gasteiger partial charge < -0.3 is 10.1 Å². The number of fused-ring (bicyclic) bond motifs is 1. The topological polar surface area (TPSA) is 93.5 Å². The van der Waals surface area contributed by atoms with E-state index in [0.717, 1.165) is 6.42 Å². The lowest BCUT2D eigenvalue weighted by atomic mass is 9.93. The van der Waals surface area contributed by atoms with Crippen molar-refractivity contribution in [1.29, 1.82) is 0 Å². The quantitative estimate of drug-likeness (QED) is 0.682. The molecule has 2 aromatic rings. The summed E-state index contributed by atoms with van der Waals surface area (Å²) in [5.41, 5.74) is -0.816. The SMILES string of the molecule is CCOC(=O)c1cc2n(n1)C[C@@](C)(C(=O)NCCC(C)C)N(c1ccc(F)cc1)C2=O. The smallest absolute Gasteiger partial charge is 0.358 e. The van der Waals surface area contributed by atoms with E-state index in [9.17, 15) is 18.8 Å². The number of carbonyl (C=O) groups excluding carboxylic acids is 3. The third-order valence-electron chi connectivity index (χ3n) is 5.22. The van der Waals surface area contributed by atoms with Crippen molar-refractivity contribution in [2.24, 2.45) is 5.92 Å². The van der Waals surface area contributed by atoms with Gasteiger partial charge in [-0.25, -0.2) is 9.18 Å². The number of nitrogens with zero attached hydrogens (tertiary/aromatic N) is 3. The molecule has 1 aromatic heterocycles. The molecule has 0 saturated carbocycles. The number of ether oxygens (including phenoxy) is 1. The highest BCUT2D eigenvalue weighted by Crippen LogP contribution is 2.33. The van der Waals surface area contributed by atoms with Gasteiger partial charge in [0.25, 0.3) is 5.91 Å². The number of anilines is 1. The van der Waals surface area contributed by atoms with E-state index in [2.05, 4.69) is 24.3 Å². The van der Waals surface area contributed by atoms with Crippen LogP contribution in [0.5, 0.6) is 0 Å². The third kappa shape index (κ3) is 4.45. The van der Waals surface area contributed by atoms with Crippen molar-refractivity contribution < 1.29 is 23.5 Å². The summed E-state index contributed by atoms with van der Waals surface area (Å²) in [5, 5.41) is 7.10. The first-order valence-corrected chi connectivity index (χ1v) is 10.3. The molecule has 0 unspecified atom stereocenters. The van der Waals surface area contributed by atoms with Gasteiger partial charge in [-0.3, -0.25) is 19.2 Å². The molecule has 9 heteroatoms. The van der Waals surface area contributed by atoms with Gasteiger partial charge in [-0.1, -0.05) is 13.8 Å². The normalized spacial score (nSPS) is 18.1. The summed E-state index contributed by atoms with van der Waals surface area (Å²) < 4.78 is 19.8. The zero-order valence-corrected chi connectivity index (χ0v) is 18.1. The lowest BCUT2D eigenvalue weighted by molar-refractivity contribution is -0.126. The van der Waals surface area contributed by atoms with Crippen LogP contribution in [0.15, 0.2) is 30.3 Å². The summed E-state index contributed by atoms with van der Waals surface area (Å²) in [5.74, 6) is -1.56. The van der Waals surface area contributed by atoms with Crippen LogP contribution < -0.4 is 10.2 Å². The van der Waals surface area contributed by atoms with Gasteiger partial charge in [0.1, 0.15) is 17.1 Å². The van der Waals surface area contributed by atoms with Crippen molar-refractivity contribution in [3.63, 3.8) is 0 Å². The molecule has 31 heavy (non-hydrogen) atoms. The maximum absolute atomic E-state index is 13.5. The van der Waals surface area contributed by atoms with Gasteiger partial charge in [-0.2, -0.15) is 5.10 Å². The molecule has 1 N–H and O–H groups in total. The Kier molecular flexibility index (Phi) is 6.42. The number of hydrogen-bond acceptors (Lipinski definition) is 5. The molecule has 8 nitrogen and oxygen atoms in total. The number of amides is 2. The molecular formula is C22H27FN4O4. The van der Waals surface area contributed by atoms with E-state index in [1.165, 1.54) is 39.9 Å². The van der Waals surface area contributed by atoms with Gasteiger partial charge in [-0.05, 0) is 50.5 Å². The van der Waals surface area contributed by atoms with Gasteiger partial charge in [-0.15, -0.1) is 0 Å². The van der Waals surface area contributed by atoms with Gasteiger partial charge in [0.05, 0.1) is 13.2 Å². The van der Waals surface area contributed by atoms with E-state index in [4.69, 9.17) is 4.74 Å². The Morgan fingerprint density at radius 2 is 1.97 bits per heavy atom. The lowest BCUT2D eigenvalue weighted by Crippen LogP contribution is -2.64. The molecule has 0 spiro atoms. The summed E-state index contributed by atoms with van der Waals surface area (Å²) in [4.78, 5) is 40.1. The minimum absolute atomic E-state index is 0.00581. The average Bonchev–Trinajstić information content (AvgIpc) is 3.13. The average molecular weight is 430 g/mol. The first kappa shape index (κ1) is 22.5. The maximum atomic E-state index is 13.5. The maximum Gasteiger partial charge on any atom is 0.358 e. The van der Waals surface area contributed by atoms with Crippen molar-refractivity contribution in [3.8, 4) is 0 Å². The molecule has 166 valence electrons. The van der Waals surface area contributed by atoms with Crippen LogP contribution in [0, 0.1) is 11.7 Å². The van der Waals surface area contributed by atoms with Crippen LogP contribution in [0.4, 0.5) is 10.1 Å². The van der Waals surface area contributed by atoms with Crippen molar-refractivity contribution >= 4 is 23.5 Å². The molecule has 0 bridgehead atoms. The summed E-state index contributed by atoms with van der Waals surface area (Å²) in [7, 11) is 0. The molecule has 0 aliphatic carbocycles. The predicted octanol–water partition coefficient (Wildman–Crippen LogP) is 2.78. The van der Waals surface area contributed by atoms with E-state index in [1.807, 2.05) is 0 Å². The number of halogens is 1. The minimum atomic E-state index is -1.34. The fraction of sp³-hybridized carbons (Fsp3) is 0.455. The van der Waals surface area contributed by atoms with Crippen LogP contribution in [0.2, 0.25) is 0 Å². The fourth-order valence-corrected chi connectivity index (χ4v) is 3.55. The second-order valence-corrected chi connectivity index (χ2v) is 8.12. The second kappa shape index (κ2) is 8.87. The Bertz CT molecular complexity index is 986. The Labute approximate surface area is 180 Å². The molecule has 3 rings (SSSR count). The van der Waals surface area contributed by atoms with E-state index in [0.29, 0.717) is 18.2 Å². The lowest BCUT2D eigenvalue weighted by Gasteiger charge is -2.43. The van der Waals surface area contributed by atoms with Gasteiger partial charge in [0.15, 0.2) is 5.69 Å². The van der Waals surface area contributed by atoms with E-state index in [1.54, 1.807) is 13.8 Å². The Hall–Kier alpha value is -3.23. The minimum Gasteiger partial charge on any atom is -0.461 e. The van der Waals surface area contributed by atoms with E-state index in [-0.39, 0.29) is 30.4 Å². The summed E-state index contributed by atoms with van der Waals surface area (Å²) in [6.45, 7) is 8.07. The first-order valence-electron chi connectivity index (χ1n) is 10.3. The summed E-state index contributed by atoms with van der Waals surface area (Å²) in [6, 6.07) is 6.72. The monoisotopic (exact) mass is 430 g/mol. The zero-order chi connectivity index (χ0) is 22.8. The Morgan fingerprint density at radius 3 is 2.58 bits per heavy atom. The van der Waals surface area contributed by atoms with Crippen molar-refractivity contribution in [1.82, 2.24) is 15.1 Å². The summed E-state index contributed by atoms with van der Waals surface area (Å²) in [6.07, 6.45) is 0.784. The van der Waals surface area contributed by atoms with Gasteiger partial charge >= 0.3 is 5.97 Å². The molecule has 1 atom stereocenters. The van der Waals surface area contributed by atoms with Crippen LogP contribution in [0.3, 0.4) is 0 Å². The number of nitrogens with one attached hydrogen (secondary N) is 1. The fourth-order valence-electron chi connectivity index (χ4n) is 3.55. The molecule has 1 aliphatic rings. The van der Waals surface area contributed by atoms with Crippen LogP contribution in [0.25, 0.3) is 0 Å². The molecule has 0 fully saturated rings. The Morgan fingerprint density at radius 1 is 1.29 bits per heavy atom. The van der Waals surface area contributed by atoms with E-state index < -0.39 is 23.2 Å². The number of esters is 1. The number of hydrogen-bond donors (Lipinski definition) is 1. The highest BCUT2D eigenvalue weighted by molar-refractivity contribution is 6.12. The highest BCUT2D eigenvalue weighted by Gasteiger charge is 2.49. The molecule has 1 aliphatic heterocycles. The third-order valence-corrected chi connectivity index (χ3v) is 5.22.